The van der Waals surface area contributed by atoms with Gasteiger partial charge in [-0.15, -0.1) is 11.3 Å². The molecule has 4 nitrogen and oxygen atoms in total. The molecule has 21 heavy (non-hydrogen) atoms. The number of rotatable bonds is 3. The number of pyridine rings is 1. The number of thiophene rings is 1. The molecule has 0 aliphatic carbocycles. The van der Waals surface area contributed by atoms with E-state index in [0.717, 1.165) is 32.4 Å². The van der Waals surface area contributed by atoms with Crippen molar-refractivity contribution in [1.82, 2.24) is 15.0 Å². The van der Waals surface area contributed by atoms with Gasteiger partial charge in [0.15, 0.2) is 5.82 Å². The summed E-state index contributed by atoms with van der Waals surface area (Å²) in [6.45, 7) is 4.31. The third-order valence-electron chi connectivity index (χ3n) is 3.11. The van der Waals surface area contributed by atoms with Crippen molar-refractivity contribution < 1.29 is 0 Å². The molecule has 0 saturated carbocycles. The van der Waals surface area contributed by atoms with Gasteiger partial charge in [0.25, 0.3) is 0 Å². The van der Waals surface area contributed by atoms with Gasteiger partial charge in [-0.1, -0.05) is 13.8 Å². The summed E-state index contributed by atoms with van der Waals surface area (Å²) in [6, 6.07) is 4.07. The Morgan fingerprint density at radius 3 is 2.90 bits per heavy atom. The smallest absolute Gasteiger partial charge is 0.163 e. The Hall–Kier alpha value is -1.53. The summed E-state index contributed by atoms with van der Waals surface area (Å²) in [5.41, 5.74) is 8.85. The molecule has 3 aromatic rings. The van der Waals surface area contributed by atoms with Crippen LogP contribution in [0.15, 0.2) is 28.2 Å². The van der Waals surface area contributed by atoms with Crippen molar-refractivity contribution in [3.8, 4) is 11.4 Å². The number of anilines is 1. The van der Waals surface area contributed by atoms with Crippen LogP contribution in [-0.4, -0.2) is 15.0 Å². The quantitative estimate of drug-likeness (QED) is 0.754. The predicted octanol–water partition coefficient (Wildman–Crippen LogP) is 4.30. The Bertz CT molecular complexity index is 797. The Balaban J connectivity index is 2.10. The zero-order valence-electron chi connectivity index (χ0n) is 11.8. The van der Waals surface area contributed by atoms with Crippen LogP contribution in [0.5, 0.6) is 0 Å². The van der Waals surface area contributed by atoms with Gasteiger partial charge in [-0.25, -0.2) is 9.97 Å². The maximum Gasteiger partial charge on any atom is 0.163 e. The number of aromatic nitrogens is 3. The van der Waals surface area contributed by atoms with Crippen molar-refractivity contribution in [2.45, 2.75) is 20.3 Å². The SMILES string of the molecule is CC(C)Cc1nc(-c2cnc3ccsc3c2)nc(N)c1Br. The summed E-state index contributed by atoms with van der Waals surface area (Å²) < 4.78 is 1.92. The molecule has 3 rings (SSSR count). The number of nitrogen functional groups attached to an aromatic ring is 1. The monoisotopic (exact) mass is 362 g/mol. The van der Waals surface area contributed by atoms with Gasteiger partial charge in [0.2, 0.25) is 0 Å². The number of hydrogen-bond acceptors (Lipinski definition) is 5. The van der Waals surface area contributed by atoms with E-state index in [4.69, 9.17) is 5.73 Å². The molecule has 2 N–H and O–H groups in total. The van der Waals surface area contributed by atoms with E-state index >= 15 is 0 Å². The van der Waals surface area contributed by atoms with Gasteiger partial charge in [0.05, 0.1) is 20.4 Å². The van der Waals surface area contributed by atoms with Crippen molar-refractivity contribution in [1.29, 1.82) is 0 Å². The van der Waals surface area contributed by atoms with Gasteiger partial charge in [-0.2, -0.15) is 0 Å². The number of hydrogen-bond donors (Lipinski definition) is 1. The van der Waals surface area contributed by atoms with Crippen LogP contribution in [0.25, 0.3) is 21.6 Å². The van der Waals surface area contributed by atoms with Gasteiger partial charge in [0.1, 0.15) is 5.82 Å². The molecular formula is C15H15BrN4S. The third-order valence-corrected chi connectivity index (χ3v) is 4.82. The largest absolute Gasteiger partial charge is 0.383 e. The fraction of sp³-hybridized carbons (Fsp3) is 0.267. The Labute approximate surface area is 135 Å². The van der Waals surface area contributed by atoms with Crippen LogP contribution >= 0.6 is 27.3 Å². The van der Waals surface area contributed by atoms with Crippen molar-refractivity contribution in [2.24, 2.45) is 5.92 Å². The predicted molar refractivity (Wildman–Crippen MR) is 91.3 cm³/mol. The van der Waals surface area contributed by atoms with Crippen LogP contribution in [0.3, 0.4) is 0 Å². The summed E-state index contributed by atoms with van der Waals surface area (Å²) >= 11 is 5.15. The summed E-state index contributed by atoms with van der Waals surface area (Å²) in [5.74, 6) is 1.61. The highest BCUT2D eigenvalue weighted by atomic mass is 79.9. The first-order valence-corrected chi connectivity index (χ1v) is 8.37. The van der Waals surface area contributed by atoms with E-state index in [1.807, 2.05) is 11.4 Å². The van der Waals surface area contributed by atoms with E-state index in [1.165, 1.54) is 0 Å². The Morgan fingerprint density at radius 2 is 2.14 bits per heavy atom. The Kier molecular flexibility index (Phi) is 3.91. The minimum absolute atomic E-state index is 0.474. The van der Waals surface area contributed by atoms with Gasteiger partial charge >= 0.3 is 0 Å². The second-order valence-electron chi connectivity index (χ2n) is 5.32. The lowest BCUT2D eigenvalue weighted by molar-refractivity contribution is 0.633. The minimum Gasteiger partial charge on any atom is -0.383 e. The van der Waals surface area contributed by atoms with E-state index < -0.39 is 0 Å². The highest BCUT2D eigenvalue weighted by molar-refractivity contribution is 9.10. The molecule has 0 spiro atoms. The maximum absolute atomic E-state index is 6.01. The summed E-state index contributed by atoms with van der Waals surface area (Å²) in [7, 11) is 0. The second-order valence-corrected chi connectivity index (χ2v) is 7.06. The Morgan fingerprint density at radius 1 is 1.33 bits per heavy atom. The van der Waals surface area contributed by atoms with Crippen molar-refractivity contribution in [3.63, 3.8) is 0 Å². The van der Waals surface area contributed by atoms with Crippen LogP contribution in [0.2, 0.25) is 0 Å². The second kappa shape index (κ2) is 5.69. The van der Waals surface area contributed by atoms with Crippen LogP contribution < -0.4 is 5.73 Å². The van der Waals surface area contributed by atoms with Crippen molar-refractivity contribution >= 4 is 43.3 Å². The van der Waals surface area contributed by atoms with E-state index in [2.05, 4.69) is 50.8 Å². The first-order chi connectivity index (χ1) is 10.0. The van der Waals surface area contributed by atoms with Gasteiger partial charge in [-0.05, 0) is 45.8 Å². The van der Waals surface area contributed by atoms with Gasteiger partial charge in [0, 0.05) is 11.8 Å². The summed E-state index contributed by atoms with van der Waals surface area (Å²) in [4.78, 5) is 13.5. The van der Waals surface area contributed by atoms with Crippen molar-refractivity contribution in [3.05, 3.63) is 33.9 Å². The topological polar surface area (TPSA) is 64.7 Å². The van der Waals surface area contributed by atoms with E-state index in [9.17, 15) is 0 Å². The molecule has 0 aromatic carbocycles. The van der Waals surface area contributed by atoms with E-state index in [0.29, 0.717) is 17.6 Å². The molecule has 0 unspecified atom stereocenters. The number of nitrogens with zero attached hydrogens (tertiary/aromatic N) is 3. The number of halogens is 1. The average Bonchev–Trinajstić information content (AvgIpc) is 2.90. The highest BCUT2D eigenvalue weighted by Crippen LogP contribution is 2.28. The molecule has 0 fully saturated rings. The number of nitrogens with two attached hydrogens (primary N) is 1. The van der Waals surface area contributed by atoms with Crippen LogP contribution in [0.1, 0.15) is 19.5 Å². The summed E-state index contributed by atoms with van der Waals surface area (Å²) in [5, 5.41) is 2.03. The third kappa shape index (κ3) is 2.91. The van der Waals surface area contributed by atoms with Crippen LogP contribution in [0.4, 0.5) is 5.82 Å². The molecule has 0 bridgehead atoms. The van der Waals surface area contributed by atoms with Gasteiger partial charge < -0.3 is 5.73 Å². The normalized spacial score (nSPS) is 11.4. The molecule has 0 atom stereocenters. The molecule has 108 valence electrons. The minimum atomic E-state index is 0.474. The molecule has 3 heterocycles. The first-order valence-electron chi connectivity index (χ1n) is 6.70. The molecule has 0 aliphatic rings. The van der Waals surface area contributed by atoms with Crippen molar-refractivity contribution in [2.75, 3.05) is 5.73 Å². The van der Waals surface area contributed by atoms with Crippen LogP contribution in [0, 0.1) is 5.92 Å². The lowest BCUT2D eigenvalue weighted by Crippen LogP contribution is -2.05. The molecule has 3 aromatic heterocycles. The standard InChI is InChI=1S/C15H15BrN4S/c1-8(2)5-11-13(16)14(17)20-15(19-11)9-6-12-10(18-7-9)3-4-21-12/h3-4,6-8H,5H2,1-2H3,(H2,17,19,20). The maximum atomic E-state index is 6.01. The summed E-state index contributed by atoms with van der Waals surface area (Å²) in [6.07, 6.45) is 2.66. The molecule has 0 amide bonds. The zero-order chi connectivity index (χ0) is 15.0. The lowest BCUT2D eigenvalue weighted by Gasteiger charge is -2.10. The molecule has 0 radical (unpaired) electrons. The molecule has 0 aliphatic heterocycles. The molecule has 6 heteroatoms. The van der Waals surface area contributed by atoms with Gasteiger partial charge in [-0.3, -0.25) is 4.98 Å². The lowest BCUT2D eigenvalue weighted by atomic mass is 10.1. The van der Waals surface area contributed by atoms with Crippen LogP contribution in [-0.2, 0) is 6.42 Å². The first kappa shape index (κ1) is 14.4. The highest BCUT2D eigenvalue weighted by Gasteiger charge is 2.13. The zero-order valence-corrected chi connectivity index (χ0v) is 14.2. The fourth-order valence-corrected chi connectivity index (χ4v) is 3.25. The molecule has 0 saturated heterocycles. The van der Waals surface area contributed by atoms with E-state index in [1.54, 1.807) is 17.5 Å². The fourth-order valence-electron chi connectivity index (χ4n) is 2.13. The number of fused-ring (bicyclic) bond motifs is 1. The average molecular weight is 363 g/mol. The van der Waals surface area contributed by atoms with E-state index in [-0.39, 0.29) is 0 Å². The molecular weight excluding hydrogens is 348 g/mol.